The SMILES string of the molecule is CCO[C@H](Cc1ccc(OC/C(=N\OC)c2ccc(CC)cn2)cc1)C(=O)O. The zero-order chi connectivity index (χ0) is 20.4. The molecule has 2 rings (SSSR count). The fourth-order valence-corrected chi connectivity index (χ4v) is 2.57. The van der Waals surface area contributed by atoms with Crippen molar-refractivity contribution in [3.63, 3.8) is 0 Å². The van der Waals surface area contributed by atoms with Gasteiger partial charge >= 0.3 is 5.97 Å². The van der Waals surface area contributed by atoms with Crippen LogP contribution in [0.1, 0.15) is 30.7 Å². The molecule has 28 heavy (non-hydrogen) atoms. The van der Waals surface area contributed by atoms with E-state index in [2.05, 4.69) is 17.1 Å². The first kappa shape index (κ1) is 21.4. The molecule has 0 unspecified atom stereocenters. The second-order valence-electron chi connectivity index (χ2n) is 6.04. The first-order valence-corrected chi connectivity index (χ1v) is 9.18. The van der Waals surface area contributed by atoms with Crippen molar-refractivity contribution in [3.8, 4) is 5.75 Å². The molecule has 0 saturated heterocycles. The molecule has 0 amide bonds. The van der Waals surface area contributed by atoms with Crippen LogP contribution in [0.15, 0.2) is 47.8 Å². The lowest BCUT2D eigenvalue weighted by atomic mass is 10.1. The molecule has 1 aromatic carbocycles. The van der Waals surface area contributed by atoms with E-state index >= 15 is 0 Å². The maximum atomic E-state index is 11.2. The summed E-state index contributed by atoms with van der Waals surface area (Å²) in [5.41, 5.74) is 3.27. The number of carboxylic acid groups (broad SMARTS) is 1. The lowest BCUT2D eigenvalue weighted by Gasteiger charge is -2.13. The van der Waals surface area contributed by atoms with Crippen molar-refractivity contribution in [2.45, 2.75) is 32.8 Å². The fourth-order valence-electron chi connectivity index (χ4n) is 2.57. The van der Waals surface area contributed by atoms with E-state index in [-0.39, 0.29) is 6.61 Å². The molecule has 0 aliphatic carbocycles. The van der Waals surface area contributed by atoms with Crippen molar-refractivity contribution in [1.82, 2.24) is 4.98 Å². The van der Waals surface area contributed by atoms with Crippen LogP contribution >= 0.6 is 0 Å². The van der Waals surface area contributed by atoms with Gasteiger partial charge in [0.15, 0.2) is 6.10 Å². The summed E-state index contributed by atoms with van der Waals surface area (Å²) in [6.07, 6.45) is 2.17. The number of rotatable bonds is 11. The van der Waals surface area contributed by atoms with E-state index in [0.717, 1.165) is 17.5 Å². The monoisotopic (exact) mass is 386 g/mol. The number of aliphatic carboxylic acids is 1. The Bertz CT molecular complexity index is 772. The van der Waals surface area contributed by atoms with Crippen molar-refractivity contribution in [2.75, 3.05) is 20.3 Å². The van der Waals surface area contributed by atoms with Crippen LogP contribution in [0.2, 0.25) is 0 Å². The molecule has 7 nitrogen and oxygen atoms in total. The summed E-state index contributed by atoms with van der Waals surface area (Å²) in [6, 6.07) is 11.1. The molecular formula is C21H26N2O5. The molecule has 0 radical (unpaired) electrons. The average Bonchev–Trinajstić information content (AvgIpc) is 2.72. The number of hydrogen-bond acceptors (Lipinski definition) is 6. The van der Waals surface area contributed by atoms with Gasteiger partial charge in [0.2, 0.25) is 0 Å². The number of hydrogen-bond donors (Lipinski definition) is 1. The Morgan fingerprint density at radius 3 is 2.39 bits per heavy atom. The smallest absolute Gasteiger partial charge is 0.333 e. The number of benzene rings is 1. The van der Waals surface area contributed by atoms with E-state index in [1.165, 1.54) is 7.11 Å². The first-order chi connectivity index (χ1) is 13.6. The molecule has 0 aliphatic heterocycles. The second kappa shape index (κ2) is 11.0. The Labute approximate surface area is 165 Å². The Morgan fingerprint density at radius 1 is 1.14 bits per heavy atom. The van der Waals surface area contributed by atoms with Gasteiger partial charge in [-0.25, -0.2) is 4.79 Å². The minimum Gasteiger partial charge on any atom is -0.487 e. The summed E-state index contributed by atoms with van der Waals surface area (Å²) in [7, 11) is 1.48. The number of carbonyl (C=O) groups is 1. The van der Waals surface area contributed by atoms with E-state index in [1.54, 1.807) is 19.1 Å². The van der Waals surface area contributed by atoms with Gasteiger partial charge in [0, 0.05) is 19.2 Å². The van der Waals surface area contributed by atoms with Gasteiger partial charge in [-0.15, -0.1) is 0 Å². The van der Waals surface area contributed by atoms with E-state index in [4.69, 9.17) is 14.3 Å². The number of pyridine rings is 1. The molecule has 0 saturated carbocycles. The van der Waals surface area contributed by atoms with Crippen LogP contribution in [0.5, 0.6) is 5.75 Å². The molecule has 1 aromatic heterocycles. The van der Waals surface area contributed by atoms with Crippen LogP contribution in [0, 0.1) is 0 Å². The molecular weight excluding hydrogens is 360 g/mol. The highest BCUT2D eigenvalue weighted by atomic mass is 16.6. The van der Waals surface area contributed by atoms with Crippen molar-refractivity contribution < 1.29 is 24.2 Å². The van der Waals surface area contributed by atoms with Crippen LogP contribution < -0.4 is 4.74 Å². The van der Waals surface area contributed by atoms with E-state index in [1.807, 2.05) is 30.5 Å². The van der Waals surface area contributed by atoms with Gasteiger partial charge in [-0.3, -0.25) is 4.98 Å². The normalized spacial score (nSPS) is 12.5. The van der Waals surface area contributed by atoms with Gasteiger partial charge in [0.1, 0.15) is 25.2 Å². The van der Waals surface area contributed by atoms with Gasteiger partial charge < -0.3 is 19.4 Å². The first-order valence-electron chi connectivity index (χ1n) is 9.18. The highest BCUT2D eigenvalue weighted by Crippen LogP contribution is 2.15. The minimum absolute atomic E-state index is 0.197. The number of ether oxygens (including phenoxy) is 2. The van der Waals surface area contributed by atoms with Gasteiger partial charge in [-0.2, -0.15) is 0 Å². The molecule has 150 valence electrons. The van der Waals surface area contributed by atoms with Crippen LogP contribution in [0.25, 0.3) is 0 Å². The molecule has 0 fully saturated rings. The molecule has 1 atom stereocenters. The number of aryl methyl sites for hydroxylation is 1. The van der Waals surface area contributed by atoms with Crippen LogP contribution in [-0.4, -0.2) is 48.2 Å². The number of carboxylic acids is 1. The Hall–Kier alpha value is -2.93. The third-order valence-electron chi connectivity index (χ3n) is 4.09. The highest BCUT2D eigenvalue weighted by molar-refractivity contribution is 5.99. The molecule has 2 aromatic rings. The quantitative estimate of drug-likeness (QED) is 0.471. The van der Waals surface area contributed by atoms with Crippen molar-refractivity contribution in [2.24, 2.45) is 5.16 Å². The van der Waals surface area contributed by atoms with E-state index in [9.17, 15) is 9.90 Å². The van der Waals surface area contributed by atoms with Crippen molar-refractivity contribution in [1.29, 1.82) is 0 Å². The molecule has 0 spiro atoms. The van der Waals surface area contributed by atoms with Crippen LogP contribution in [0.4, 0.5) is 0 Å². The fraction of sp³-hybridized carbons (Fsp3) is 0.381. The lowest BCUT2D eigenvalue weighted by Crippen LogP contribution is -2.26. The lowest BCUT2D eigenvalue weighted by molar-refractivity contribution is -0.149. The summed E-state index contributed by atoms with van der Waals surface area (Å²) >= 11 is 0. The van der Waals surface area contributed by atoms with Crippen LogP contribution in [0.3, 0.4) is 0 Å². The topological polar surface area (TPSA) is 90.2 Å². The summed E-state index contributed by atoms with van der Waals surface area (Å²) in [5.74, 6) is -0.329. The largest absolute Gasteiger partial charge is 0.487 e. The van der Waals surface area contributed by atoms with Gasteiger partial charge in [0.05, 0.1) is 5.69 Å². The van der Waals surface area contributed by atoms with Crippen LogP contribution in [-0.2, 0) is 27.2 Å². The Kier molecular flexibility index (Phi) is 8.42. The predicted octanol–water partition coefficient (Wildman–Crippen LogP) is 3.11. The predicted molar refractivity (Wildman–Crippen MR) is 106 cm³/mol. The van der Waals surface area contributed by atoms with Gasteiger partial charge in [0.25, 0.3) is 0 Å². The molecule has 7 heteroatoms. The van der Waals surface area contributed by atoms with Crippen molar-refractivity contribution in [3.05, 3.63) is 59.4 Å². The number of oxime groups is 1. The maximum Gasteiger partial charge on any atom is 0.333 e. The summed E-state index contributed by atoms with van der Waals surface area (Å²) in [6.45, 7) is 4.40. The molecule has 0 bridgehead atoms. The third-order valence-corrected chi connectivity index (χ3v) is 4.09. The van der Waals surface area contributed by atoms with Crippen molar-refractivity contribution >= 4 is 11.7 Å². The number of aromatic nitrogens is 1. The Morgan fingerprint density at radius 2 is 1.86 bits per heavy atom. The number of nitrogens with zero attached hydrogens (tertiary/aromatic N) is 2. The highest BCUT2D eigenvalue weighted by Gasteiger charge is 2.18. The van der Waals surface area contributed by atoms with Gasteiger partial charge in [-0.05, 0) is 42.7 Å². The van der Waals surface area contributed by atoms with E-state index in [0.29, 0.717) is 30.2 Å². The molecule has 1 heterocycles. The molecule has 1 N–H and O–H groups in total. The summed E-state index contributed by atoms with van der Waals surface area (Å²) in [4.78, 5) is 20.5. The van der Waals surface area contributed by atoms with Gasteiger partial charge in [-0.1, -0.05) is 30.3 Å². The second-order valence-corrected chi connectivity index (χ2v) is 6.04. The zero-order valence-corrected chi connectivity index (χ0v) is 16.4. The maximum absolute atomic E-state index is 11.2. The third kappa shape index (κ3) is 6.35. The Balaban J connectivity index is 1.99. The average molecular weight is 386 g/mol. The van der Waals surface area contributed by atoms with E-state index < -0.39 is 12.1 Å². The summed E-state index contributed by atoms with van der Waals surface area (Å²) in [5, 5.41) is 13.2. The molecule has 0 aliphatic rings. The summed E-state index contributed by atoms with van der Waals surface area (Å²) < 4.78 is 11.0. The minimum atomic E-state index is -0.968. The zero-order valence-electron chi connectivity index (χ0n) is 16.4. The standard InChI is InChI=1S/C21H26N2O5/c1-4-15-8-11-18(22-13-15)19(23-26-3)14-28-17-9-6-16(7-10-17)12-20(21(24)25)27-5-2/h6-11,13,20H,4-5,12,14H2,1-3H3,(H,24,25)/b23-19+/t20-/m1/s1.